The Morgan fingerprint density at radius 2 is 2.32 bits per heavy atom. The molecule has 1 saturated carbocycles. The van der Waals surface area contributed by atoms with E-state index >= 15 is 0 Å². The van der Waals surface area contributed by atoms with Crippen LogP contribution in [0.2, 0.25) is 0 Å². The lowest BCUT2D eigenvalue weighted by Gasteiger charge is -2.23. The SMILES string of the molecule is CCC1CC1N1C(=O)C(C(C)C)NC1c1cccs1. The number of carbonyl (C=O) groups is 1. The average molecular weight is 278 g/mol. The Bertz CT molecular complexity index is 457. The van der Waals surface area contributed by atoms with Crippen LogP contribution in [0.5, 0.6) is 0 Å². The zero-order valence-corrected chi connectivity index (χ0v) is 12.6. The third-order valence-electron chi connectivity index (χ3n) is 4.38. The van der Waals surface area contributed by atoms with Crippen molar-refractivity contribution in [1.29, 1.82) is 0 Å². The molecule has 1 aromatic rings. The van der Waals surface area contributed by atoms with Crippen LogP contribution in [0.25, 0.3) is 0 Å². The molecular formula is C15H22N2OS. The van der Waals surface area contributed by atoms with Crippen LogP contribution in [0.15, 0.2) is 17.5 Å². The van der Waals surface area contributed by atoms with Gasteiger partial charge in [-0.15, -0.1) is 11.3 Å². The summed E-state index contributed by atoms with van der Waals surface area (Å²) in [6.45, 7) is 6.46. The fourth-order valence-electron chi connectivity index (χ4n) is 3.12. The van der Waals surface area contributed by atoms with Gasteiger partial charge in [-0.25, -0.2) is 0 Å². The second kappa shape index (κ2) is 4.91. The molecule has 1 N–H and O–H groups in total. The lowest BCUT2D eigenvalue weighted by atomic mass is 10.1. The Balaban J connectivity index is 1.86. The number of nitrogens with one attached hydrogen (secondary N) is 1. The van der Waals surface area contributed by atoms with Gasteiger partial charge in [0.05, 0.1) is 6.04 Å². The van der Waals surface area contributed by atoms with Gasteiger partial charge in [-0.3, -0.25) is 10.1 Å². The first-order chi connectivity index (χ1) is 9.13. The molecule has 0 radical (unpaired) electrons. The standard InChI is InChI=1S/C15H22N2OS/c1-4-10-8-11(10)17-14(12-6-5-7-19-12)16-13(9(2)3)15(17)18/h5-7,9-11,13-14,16H,4,8H2,1-3H3. The normalized spacial score (nSPS) is 34.3. The molecule has 0 bridgehead atoms. The fraction of sp³-hybridized carbons (Fsp3) is 0.667. The highest BCUT2D eigenvalue weighted by Crippen LogP contribution is 2.45. The van der Waals surface area contributed by atoms with Gasteiger partial charge < -0.3 is 4.90 Å². The molecule has 2 fully saturated rings. The number of hydrogen-bond acceptors (Lipinski definition) is 3. The Morgan fingerprint density at radius 1 is 1.53 bits per heavy atom. The van der Waals surface area contributed by atoms with Gasteiger partial charge >= 0.3 is 0 Å². The van der Waals surface area contributed by atoms with E-state index in [2.05, 4.69) is 48.5 Å². The molecule has 4 unspecified atom stereocenters. The molecule has 19 heavy (non-hydrogen) atoms. The van der Waals surface area contributed by atoms with Crippen LogP contribution in [-0.2, 0) is 4.79 Å². The molecule has 2 heterocycles. The molecule has 4 heteroatoms. The summed E-state index contributed by atoms with van der Waals surface area (Å²) in [5.74, 6) is 1.35. The van der Waals surface area contributed by atoms with E-state index in [4.69, 9.17) is 0 Å². The summed E-state index contributed by atoms with van der Waals surface area (Å²) in [5.41, 5.74) is 0. The van der Waals surface area contributed by atoms with Gasteiger partial charge in [0.1, 0.15) is 6.17 Å². The minimum Gasteiger partial charge on any atom is -0.317 e. The lowest BCUT2D eigenvalue weighted by molar-refractivity contribution is -0.131. The Hall–Kier alpha value is -0.870. The summed E-state index contributed by atoms with van der Waals surface area (Å²) in [4.78, 5) is 16.1. The van der Waals surface area contributed by atoms with Crippen molar-refractivity contribution in [2.75, 3.05) is 0 Å². The summed E-state index contributed by atoms with van der Waals surface area (Å²) >= 11 is 1.74. The third-order valence-corrected chi connectivity index (χ3v) is 5.31. The maximum absolute atomic E-state index is 12.7. The first kappa shape index (κ1) is 13.1. The number of hydrogen-bond donors (Lipinski definition) is 1. The maximum atomic E-state index is 12.7. The Kier molecular flexibility index (Phi) is 3.39. The number of rotatable bonds is 4. The average Bonchev–Trinajstić information content (AvgIpc) is 2.82. The number of carbonyl (C=O) groups excluding carboxylic acids is 1. The van der Waals surface area contributed by atoms with Crippen LogP contribution >= 0.6 is 11.3 Å². The summed E-state index contributed by atoms with van der Waals surface area (Å²) < 4.78 is 0. The van der Waals surface area contributed by atoms with E-state index in [1.165, 1.54) is 17.7 Å². The number of nitrogens with zero attached hydrogens (tertiary/aromatic N) is 1. The smallest absolute Gasteiger partial charge is 0.241 e. The van der Waals surface area contributed by atoms with Crippen molar-refractivity contribution in [2.24, 2.45) is 11.8 Å². The summed E-state index contributed by atoms with van der Waals surface area (Å²) in [6.07, 6.45) is 2.45. The number of thiophene rings is 1. The van der Waals surface area contributed by atoms with E-state index in [0.29, 0.717) is 23.8 Å². The van der Waals surface area contributed by atoms with Gasteiger partial charge in [0.15, 0.2) is 0 Å². The van der Waals surface area contributed by atoms with Crippen LogP contribution in [0.3, 0.4) is 0 Å². The molecule has 1 saturated heterocycles. The van der Waals surface area contributed by atoms with Gasteiger partial charge in [0.2, 0.25) is 5.91 Å². The molecule has 4 atom stereocenters. The molecule has 104 valence electrons. The fourth-order valence-corrected chi connectivity index (χ4v) is 3.90. The van der Waals surface area contributed by atoms with Crippen LogP contribution in [0.1, 0.15) is 44.7 Å². The second-order valence-corrected chi connectivity index (χ2v) is 7.00. The van der Waals surface area contributed by atoms with Gasteiger partial charge in [-0.2, -0.15) is 0 Å². The molecule has 2 aliphatic rings. The van der Waals surface area contributed by atoms with Crippen molar-refractivity contribution in [3.05, 3.63) is 22.4 Å². The van der Waals surface area contributed by atoms with Gasteiger partial charge in [0.25, 0.3) is 0 Å². The van der Waals surface area contributed by atoms with Crippen LogP contribution in [-0.4, -0.2) is 22.9 Å². The van der Waals surface area contributed by atoms with Crippen molar-refractivity contribution in [3.8, 4) is 0 Å². The zero-order valence-electron chi connectivity index (χ0n) is 11.8. The van der Waals surface area contributed by atoms with E-state index < -0.39 is 0 Å². The van der Waals surface area contributed by atoms with E-state index in [1.54, 1.807) is 11.3 Å². The molecule has 0 aromatic carbocycles. The van der Waals surface area contributed by atoms with Gasteiger partial charge in [-0.1, -0.05) is 33.3 Å². The quantitative estimate of drug-likeness (QED) is 0.918. The Labute approximate surface area is 119 Å². The first-order valence-corrected chi connectivity index (χ1v) is 8.13. The van der Waals surface area contributed by atoms with Crippen molar-refractivity contribution in [1.82, 2.24) is 10.2 Å². The van der Waals surface area contributed by atoms with Crippen LogP contribution in [0.4, 0.5) is 0 Å². The van der Waals surface area contributed by atoms with Crippen molar-refractivity contribution < 1.29 is 4.79 Å². The zero-order chi connectivity index (χ0) is 13.6. The second-order valence-electron chi connectivity index (χ2n) is 6.02. The van der Waals surface area contributed by atoms with Crippen molar-refractivity contribution in [3.63, 3.8) is 0 Å². The minimum atomic E-state index is -0.0230. The van der Waals surface area contributed by atoms with Gasteiger partial charge in [-0.05, 0) is 29.7 Å². The largest absolute Gasteiger partial charge is 0.317 e. The summed E-state index contributed by atoms with van der Waals surface area (Å²) in [5, 5.41) is 5.64. The lowest BCUT2D eigenvalue weighted by Crippen LogP contribution is -2.35. The molecule has 3 rings (SSSR count). The molecule has 1 aromatic heterocycles. The summed E-state index contributed by atoms with van der Waals surface area (Å²) in [7, 11) is 0. The molecule has 1 amide bonds. The highest BCUT2D eigenvalue weighted by atomic mass is 32.1. The predicted octanol–water partition coefficient (Wildman–Crippen LogP) is 3.00. The van der Waals surface area contributed by atoms with E-state index in [1.807, 2.05) is 0 Å². The van der Waals surface area contributed by atoms with E-state index in [-0.39, 0.29) is 12.2 Å². The Morgan fingerprint density at radius 3 is 2.84 bits per heavy atom. The predicted molar refractivity (Wildman–Crippen MR) is 77.9 cm³/mol. The highest BCUT2D eigenvalue weighted by Gasteiger charge is 2.51. The summed E-state index contributed by atoms with van der Waals surface area (Å²) in [6, 6.07) is 4.64. The molecule has 1 aliphatic carbocycles. The minimum absolute atomic E-state index is 0.0230. The third kappa shape index (κ3) is 2.21. The number of amides is 1. The first-order valence-electron chi connectivity index (χ1n) is 7.25. The van der Waals surface area contributed by atoms with Crippen molar-refractivity contribution in [2.45, 2.75) is 51.9 Å². The van der Waals surface area contributed by atoms with Gasteiger partial charge in [0, 0.05) is 10.9 Å². The van der Waals surface area contributed by atoms with E-state index in [0.717, 1.165) is 0 Å². The molecule has 0 spiro atoms. The molecule has 1 aliphatic heterocycles. The van der Waals surface area contributed by atoms with E-state index in [9.17, 15) is 4.79 Å². The van der Waals surface area contributed by atoms with Crippen LogP contribution in [0, 0.1) is 11.8 Å². The van der Waals surface area contributed by atoms with Crippen LogP contribution < -0.4 is 5.32 Å². The highest BCUT2D eigenvalue weighted by molar-refractivity contribution is 7.10. The molecule has 3 nitrogen and oxygen atoms in total. The van der Waals surface area contributed by atoms with Crippen molar-refractivity contribution >= 4 is 17.2 Å². The maximum Gasteiger partial charge on any atom is 0.241 e. The molecular weight excluding hydrogens is 256 g/mol. The monoisotopic (exact) mass is 278 g/mol. The topological polar surface area (TPSA) is 32.3 Å².